The number of amides is 1. The Bertz CT molecular complexity index is 925. The predicted octanol–water partition coefficient (Wildman–Crippen LogP) is 4.47. The van der Waals surface area contributed by atoms with E-state index >= 15 is 0 Å². The zero-order chi connectivity index (χ0) is 17.9. The molecule has 0 saturated heterocycles. The third-order valence-corrected chi connectivity index (χ3v) is 4.59. The Morgan fingerprint density at radius 2 is 1.85 bits per heavy atom. The highest BCUT2D eigenvalue weighted by atomic mass is 35.5. The van der Waals surface area contributed by atoms with Gasteiger partial charge in [0.25, 0.3) is 5.91 Å². The van der Waals surface area contributed by atoms with E-state index in [0.29, 0.717) is 23.1 Å². The van der Waals surface area contributed by atoms with Crippen molar-refractivity contribution in [3.8, 4) is 0 Å². The predicted molar refractivity (Wildman–Crippen MR) is 103 cm³/mol. The number of aromatic nitrogens is 2. The first-order chi connectivity index (χ1) is 12.7. The first-order valence-corrected chi connectivity index (χ1v) is 8.83. The molecule has 1 amide bonds. The number of fused-ring (bicyclic) bond motifs is 1. The molecule has 1 aliphatic heterocycles. The van der Waals surface area contributed by atoms with Crippen molar-refractivity contribution in [3.63, 3.8) is 0 Å². The van der Waals surface area contributed by atoms with E-state index in [1.54, 1.807) is 23.2 Å². The van der Waals surface area contributed by atoms with Gasteiger partial charge in [0.1, 0.15) is 11.5 Å². The van der Waals surface area contributed by atoms with Crippen molar-refractivity contribution in [1.82, 2.24) is 9.97 Å². The van der Waals surface area contributed by atoms with Crippen molar-refractivity contribution in [2.75, 3.05) is 16.8 Å². The molecule has 0 aliphatic carbocycles. The summed E-state index contributed by atoms with van der Waals surface area (Å²) >= 11 is 5.88. The molecule has 1 aliphatic rings. The zero-order valence-electron chi connectivity index (χ0n) is 14.0. The van der Waals surface area contributed by atoms with Gasteiger partial charge in [0.05, 0.1) is 12.4 Å². The van der Waals surface area contributed by atoms with Crippen molar-refractivity contribution in [1.29, 1.82) is 0 Å². The number of carbonyl (C=O) groups is 1. The second kappa shape index (κ2) is 7.14. The Balaban J connectivity index is 1.52. The van der Waals surface area contributed by atoms with Crippen LogP contribution in [0.5, 0.6) is 0 Å². The topological polar surface area (TPSA) is 58.1 Å². The number of benzene rings is 2. The molecule has 2 heterocycles. The third kappa shape index (κ3) is 3.39. The smallest absolute Gasteiger partial charge is 0.278 e. The van der Waals surface area contributed by atoms with Gasteiger partial charge in [0, 0.05) is 22.9 Å². The summed E-state index contributed by atoms with van der Waals surface area (Å²) in [6, 6.07) is 15.3. The molecule has 26 heavy (non-hydrogen) atoms. The molecule has 0 bridgehead atoms. The average Bonchev–Trinajstić information content (AvgIpc) is 2.69. The van der Waals surface area contributed by atoms with Gasteiger partial charge in [-0.05, 0) is 48.7 Å². The monoisotopic (exact) mass is 364 g/mol. The first-order valence-electron chi connectivity index (χ1n) is 8.45. The summed E-state index contributed by atoms with van der Waals surface area (Å²) in [5.74, 6) is 0.450. The van der Waals surface area contributed by atoms with E-state index < -0.39 is 0 Å². The van der Waals surface area contributed by atoms with Gasteiger partial charge in [-0.25, -0.2) is 9.97 Å². The van der Waals surface area contributed by atoms with Gasteiger partial charge in [-0.2, -0.15) is 0 Å². The number of aryl methyl sites for hydroxylation is 1. The molecule has 0 unspecified atom stereocenters. The van der Waals surface area contributed by atoms with E-state index in [4.69, 9.17) is 11.6 Å². The fourth-order valence-electron chi connectivity index (χ4n) is 3.07. The molecule has 1 aromatic heterocycles. The number of nitrogens with one attached hydrogen (secondary N) is 1. The molecule has 2 aromatic carbocycles. The fraction of sp³-hybridized carbons (Fsp3) is 0.150. The van der Waals surface area contributed by atoms with Crippen molar-refractivity contribution in [3.05, 3.63) is 77.2 Å². The van der Waals surface area contributed by atoms with E-state index in [-0.39, 0.29) is 5.91 Å². The van der Waals surface area contributed by atoms with Gasteiger partial charge >= 0.3 is 0 Å². The van der Waals surface area contributed by atoms with Crippen LogP contribution >= 0.6 is 11.6 Å². The van der Waals surface area contributed by atoms with Gasteiger partial charge < -0.3 is 10.2 Å². The SMILES string of the molecule is O=C(c1cnc(Nc2ccc(Cl)cc2)cn1)N1CCCc2ccccc21. The van der Waals surface area contributed by atoms with Gasteiger partial charge in [0.15, 0.2) is 0 Å². The number of halogens is 1. The molecular weight excluding hydrogens is 348 g/mol. The van der Waals surface area contributed by atoms with E-state index in [0.717, 1.165) is 24.2 Å². The van der Waals surface area contributed by atoms with Crippen LogP contribution in [0.3, 0.4) is 0 Å². The maximum atomic E-state index is 12.9. The third-order valence-electron chi connectivity index (χ3n) is 4.34. The zero-order valence-corrected chi connectivity index (χ0v) is 14.8. The summed E-state index contributed by atoms with van der Waals surface area (Å²) < 4.78 is 0. The van der Waals surface area contributed by atoms with Crippen LogP contribution in [0.4, 0.5) is 17.2 Å². The molecular formula is C20H17ClN4O. The standard InChI is InChI=1S/C20H17ClN4O/c21-15-7-9-16(10-8-15)24-19-13-22-17(12-23-19)20(26)25-11-3-5-14-4-1-2-6-18(14)25/h1-2,4,6-10,12-13H,3,5,11H2,(H,23,24). The molecule has 6 heteroatoms. The summed E-state index contributed by atoms with van der Waals surface area (Å²) in [7, 11) is 0. The summed E-state index contributed by atoms with van der Waals surface area (Å²) in [6.45, 7) is 0.697. The number of anilines is 3. The number of hydrogen-bond donors (Lipinski definition) is 1. The van der Waals surface area contributed by atoms with E-state index in [1.165, 1.54) is 11.8 Å². The van der Waals surface area contributed by atoms with Crippen LogP contribution in [0, 0.1) is 0 Å². The lowest BCUT2D eigenvalue weighted by molar-refractivity contribution is 0.0980. The Labute approximate surface area is 156 Å². The van der Waals surface area contributed by atoms with Crippen molar-refractivity contribution in [2.24, 2.45) is 0 Å². The lowest BCUT2D eigenvalue weighted by atomic mass is 10.0. The minimum atomic E-state index is -0.123. The molecule has 0 spiro atoms. The van der Waals surface area contributed by atoms with Crippen LogP contribution in [-0.2, 0) is 6.42 Å². The minimum absolute atomic E-state index is 0.123. The Morgan fingerprint density at radius 1 is 1.04 bits per heavy atom. The van der Waals surface area contributed by atoms with Gasteiger partial charge in [-0.3, -0.25) is 4.79 Å². The van der Waals surface area contributed by atoms with E-state index in [1.807, 2.05) is 30.3 Å². The highest BCUT2D eigenvalue weighted by Gasteiger charge is 2.24. The van der Waals surface area contributed by atoms with Gasteiger partial charge in [0.2, 0.25) is 0 Å². The van der Waals surface area contributed by atoms with Gasteiger partial charge in [-0.15, -0.1) is 0 Å². The minimum Gasteiger partial charge on any atom is -0.339 e. The van der Waals surface area contributed by atoms with Gasteiger partial charge in [-0.1, -0.05) is 29.8 Å². The summed E-state index contributed by atoms with van der Waals surface area (Å²) in [5.41, 5.74) is 3.35. The largest absolute Gasteiger partial charge is 0.339 e. The highest BCUT2D eigenvalue weighted by Crippen LogP contribution is 2.27. The molecule has 4 rings (SSSR count). The van der Waals surface area contributed by atoms with Crippen LogP contribution < -0.4 is 10.2 Å². The number of para-hydroxylation sites is 1. The second-order valence-electron chi connectivity index (χ2n) is 6.11. The highest BCUT2D eigenvalue weighted by molar-refractivity contribution is 6.30. The van der Waals surface area contributed by atoms with Crippen molar-refractivity contribution in [2.45, 2.75) is 12.8 Å². The van der Waals surface area contributed by atoms with E-state index in [2.05, 4.69) is 21.4 Å². The van der Waals surface area contributed by atoms with Crippen LogP contribution in [-0.4, -0.2) is 22.4 Å². The number of rotatable bonds is 3. The van der Waals surface area contributed by atoms with Crippen LogP contribution in [0.2, 0.25) is 5.02 Å². The number of carbonyl (C=O) groups excluding carboxylic acids is 1. The lowest BCUT2D eigenvalue weighted by Gasteiger charge is -2.29. The number of nitrogens with zero attached hydrogens (tertiary/aromatic N) is 3. The Kier molecular flexibility index (Phi) is 4.54. The van der Waals surface area contributed by atoms with Crippen molar-refractivity contribution >= 4 is 34.7 Å². The summed E-state index contributed by atoms with van der Waals surface area (Å²) in [4.78, 5) is 23.3. The fourth-order valence-corrected chi connectivity index (χ4v) is 3.19. The maximum absolute atomic E-state index is 12.9. The number of hydrogen-bond acceptors (Lipinski definition) is 4. The lowest BCUT2D eigenvalue weighted by Crippen LogP contribution is -2.36. The Hall–Kier alpha value is -2.92. The first kappa shape index (κ1) is 16.5. The Morgan fingerprint density at radius 3 is 2.62 bits per heavy atom. The average molecular weight is 365 g/mol. The van der Waals surface area contributed by atoms with Crippen LogP contribution in [0.15, 0.2) is 60.9 Å². The molecule has 0 saturated carbocycles. The normalized spacial score (nSPS) is 13.2. The quantitative estimate of drug-likeness (QED) is 0.745. The van der Waals surface area contributed by atoms with E-state index in [9.17, 15) is 4.79 Å². The van der Waals surface area contributed by atoms with Crippen LogP contribution in [0.25, 0.3) is 0 Å². The molecule has 0 radical (unpaired) electrons. The summed E-state index contributed by atoms with van der Waals surface area (Å²) in [6.07, 6.45) is 5.03. The summed E-state index contributed by atoms with van der Waals surface area (Å²) in [5, 5.41) is 3.81. The molecule has 130 valence electrons. The molecule has 0 fully saturated rings. The van der Waals surface area contributed by atoms with Crippen molar-refractivity contribution < 1.29 is 4.79 Å². The molecule has 1 N–H and O–H groups in total. The molecule has 5 nitrogen and oxygen atoms in total. The molecule has 0 atom stereocenters. The van der Waals surface area contributed by atoms with Crippen LogP contribution in [0.1, 0.15) is 22.5 Å². The molecule has 3 aromatic rings. The second-order valence-corrected chi connectivity index (χ2v) is 6.54. The maximum Gasteiger partial charge on any atom is 0.278 e.